The maximum absolute atomic E-state index is 12.4. The molecule has 0 heterocycles. The smallest absolute Gasteiger partial charge is 0.263 e. The predicted octanol–water partition coefficient (Wildman–Crippen LogP) is 2.14. The van der Waals surface area contributed by atoms with Crippen molar-refractivity contribution in [2.75, 3.05) is 13.1 Å². The maximum Gasteiger partial charge on any atom is 0.263 e. The van der Waals surface area contributed by atoms with Gasteiger partial charge in [-0.3, -0.25) is 9.59 Å². The first kappa shape index (κ1) is 18.0. The van der Waals surface area contributed by atoms with Crippen LogP contribution in [0.15, 0.2) is 24.3 Å². The Bertz CT molecular complexity index is 514. The summed E-state index contributed by atoms with van der Waals surface area (Å²) in [5.74, 6) is 0.305. The Labute approximate surface area is 132 Å². The van der Waals surface area contributed by atoms with Crippen LogP contribution in [0.4, 0.5) is 0 Å². The molecule has 0 unspecified atom stereocenters. The molecule has 22 heavy (non-hydrogen) atoms. The highest BCUT2D eigenvalue weighted by atomic mass is 16.5. The molecule has 1 N–H and O–H groups in total. The summed E-state index contributed by atoms with van der Waals surface area (Å²) in [5, 5.41) is 2.78. The van der Waals surface area contributed by atoms with Crippen molar-refractivity contribution in [3.05, 3.63) is 29.8 Å². The molecule has 0 aliphatic rings. The fourth-order valence-corrected chi connectivity index (χ4v) is 2.09. The maximum atomic E-state index is 12.4. The van der Waals surface area contributed by atoms with Gasteiger partial charge in [-0.25, -0.2) is 0 Å². The van der Waals surface area contributed by atoms with Crippen LogP contribution in [0.3, 0.4) is 0 Å². The predicted molar refractivity (Wildman–Crippen MR) is 86.8 cm³/mol. The second kappa shape index (κ2) is 8.41. The van der Waals surface area contributed by atoms with Gasteiger partial charge in [0.05, 0.1) is 6.54 Å². The number of carbonyl (C=O) groups is 2. The number of amides is 2. The van der Waals surface area contributed by atoms with Gasteiger partial charge in [0, 0.05) is 12.6 Å². The second-order valence-electron chi connectivity index (χ2n) is 5.65. The average Bonchev–Trinajstić information content (AvgIpc) is 2.43. The van der Waals surface area contributed by atoms with E-state index < -0.39 is 6.10 Å². The van der Waals surface area contributed by atoms with Crippen LogP contribution < -0.4 is 10.1 Å². The van der Waals surface area contributed by atoms with E-state index in [1.165, 1.54) is 4.90 Å². The van der Waals surface area contributed by atoms with Gasteiger partial charge in [-0.05, 0) is 52.3 Å². The third-order valence-electron chi connectivity index (χ3n) is 3.13. The summed E-state index contributed by atoms with van der Waals surface area (Å²) in [6, 6.07) is 7.61. The van der Waals surface area contributed by atoms with Crippen molar-refractivity contribution in [2.24, 2.45) is 0 Å². The van der Waals surface area contributed by atoms with Crippen LogP contribution in [0.5, 0.6) is 5.75 Å². The van der Waals surface area contributed by atoms with E-state index in [4.69, 9.17) is 4.74 Å². The number of rotatable bonds is 7. The van der Waals surface area contributed by atoms with Crippen molar-refractivity contribution in [1.82, 2.24) is 10.2 Å². The number of nitrogens with zero attached hydrogens (tertiary/aromatic N) is 1. The first-order valence-corrected chi connectivity index (χ1v) is 7.65. The van der Waals surface area contributed by atoms with Crippen LogP contribution in [0.2, 0.25) is 0 Å². The molecule has 0 aliphatic heterocycles. The molecule has 0 spiro atoms. The van der Waals surface area contributed by atoms with Crippen molar-refractivity contribution >= 4 is 11.8 Å². The summed E-state index contributed by atoms with van der Waals surface area (Å²) in [4.78, 5) is 25.7. The Kier molecular flexibility index (Phi) is 6.89. The zero-order chi connectivity index (χ0) is 16.7. The number of nitrogens with one attached hydrogen (secondary N) is 1. The van der Waals surface area contributed by atoms with Gasteiger partial charge < -0.3 is 15.0 Å². The lowest BCUT2D eigenvalue weighted by Crippen LogP contribution is -2.46. The zero-order valence-electron chi connectivity index (χ0n) is 14.1. The fraction of sp³-hybridized carbons (Fsp3) is 0.529. The number of carbonyl (C=O) groups excluding carboxylic acids is 2. The molecule has 1 aromatic rings. The number of benzene rings is 1. The van der Waals surface area contributed by atoms with Gasteiger partial charge in [-0.1, -0.05) is 12.1 Å². The van der Waals surface area contributed by atoms with Gasteiger partial charge in [-0.15, -0.1) is 0 Å². The third-order valence-corrected chi connectivity index (χ3v) is 3.13. The van der Waals surface area contributed by atoms with E-state index in [0.717, 1.165) is 5.56 Å². The van der Waals surface area contributed by atoms with Gasteiger partial charge in [0.2, 0.25) is 5.91 Å². The lowest BCUT2D eigenvalue weighted by atomic mass is 10.2. The minimum atomic E-state index is -0.631. The zero-order valence-corrected chi connectivity index (χ0v) is 14.1. The van der Waals surface area contributed by atoms with Crippen LogP contribution >= 0.6 is 0 Å². The Morgan fingerprint density at radius 2 is 1.95 bits per heavy atom. The van der Waals surface area contributed by atoms with Crippen molar-refractivity contribution in [2.45, 2.75) is 46.8 Å². The Hall–Kier alpha value is -2.04. The van der Waals surface area contributed by atoms with E-state index in [1.807, 2.05) is 52.0 Å². The Balaban J connectivity index is 2.64. The monoisotopic (exact) mass is 306 g/mol. The van der Waals surface area contributed by atoms with Crippen LogP contribution in [-0.4, -0.2) is 41.9 Å². The Morgan fingerprint density at radius 1 is 1.27 bits per heavy atom. The molecule has 0 saturated carbocycles. The fourth-order valence-electron chi connectivity index (χ4n) is 2.09. The normalized spacial score (nSPS) is 11.9. The van der Waals surface area contributed by atoms with Crippen molar-refractivity contribution in [3.8, 4) is 5.75 Å². The molecule has 0 fully saturated rings. The van der Waals surface area contributed by atoms with Gasteiger partial charge in [0.15, 0.2) is 6.10 Å². The first-order valence-electron chi connectivity index (χ1n) is 7.65. The number of likely N-dealkylation sites (N-methyl/N-ethyl adjacent to an activating group) is 1. The van der Waals surface area contributed by atoms with E-state index in [-0.39, 0.29) is 24.4 Å². The molecule has 5 heteroatoms. The average molecular weight is 306 g/mol. The van der Waals surface area contributed by atoms with Crippen LogP contribution in [-0.2, 0) is 9.59 Å². The summed E-state index contributed by atoms with van der Waals surface area (Å²) >= 11 is 0. The van der Waals surface area contributed by atoms with Crippen molar-refractivity contribution < 1.29 is 14.3 Å². The molecule has 122 valence electrons. The summed E-state index contributed by atoms with van der Waals surface area (Å²) in [5.41, 5.74) is 1.07. The van der Waals surface area contributed by atoms with Crippen LogP contribution in [0, 0.1) is 6.92 Å². The summed E-state index contributed by atoms with van der Waals surface area (Å²) in [6.07, 6.45) is -0.631. The molecular formula is C17H26N2O3. The SMILES string of the molecule is CCN(CC(=O)NC(C)C)C(=O)[C@H](C)Oc1cccc(C)c1. The highest BCUT2D eigenvalue weighted by molar-refractivity contribution is 5.87. The largest absolute Gasteiger partial charge is 0.481 e. The third kappa shape index (κ3) is 5.76. The highest BCUT2D eigenvalue weighted by Gasteiger charge is 2.23. The topological polar surface area (TPSA) is 58.6 Å². The first-order chi connectivity index (χ1) is 10.3. The number of hydrogen-bond acceptors (Lipinski definition) is 3. The summed E-state index contributed by atoms with van der Waals surface area (Å²) in [7, 11) is 0. The van der Waals surface area contributed by atoms with E-state index in [9.17, 15) is 9.59 Å². The number of ether oxygens (including phenoxy) is 1. The van der Waals surface area contributed by atoms with Crippen molar-refractivity contribution in [1.29, 1.82) is 0 Å². The molecule has 5 nitrogen and oxygen atoms in total. The number of hydrogen-bond donors (Lipinski definition) is 1. The van der Waals surface area contributed by atoms with Gasteiger partial charge in [-0.2, -0.15) is 0 Å². The molecule has 0 bridgehead atoms. The summed E-state index contributed by atoms with van der Waals surface area (Å²) < 4.78 is 5.68. The number of aryl methyl sites for hydroxylation is 1. The standard InChI is InChI=1S/C17H26N2O3/c1-6-19(11-16(20)18-12(2)3)17(21)14(5)22-15-9-7-8-13(4)10-15/h7-10,12,14H,6,11H2,1-5H3,(H,18,20)/t14-/m0/s1. The molecule has 2 amide bonds. The van der Waals surface area contributed by atoms with Crippen LogP contribution in [0.25, 0.3) is 0 Å². The Morgan fingerprint density at radius 3 is 2.50 bits per heavy atom. The van der Waals surface area contributed by atoms with Gasteiger partial charge >= 0.3 is 0 Å². The molecule has 1 rings (SSSR count). The molecule has 0 aliphatic carbocycles. The van der Waals surface area contributed by atoms with E-state index in [1.54, 1.807) is 6.92 Å². The summed E-state index contributed by atoms with van der Waals surface area (Å²) in [6.45, 7) is 9.81. The molecule has 0 radical (unpaired) electrons. The highest BCUT2D eigenvalue weighted by Crippen LogP contribution is 2.15. The van der Waals surface area contributed by atoms with E-state index >= 15 is 0 Å². The van der Waals surface area contributed by atoms with Gasteiger partial charge in [0.1, 0.15) is 5.75 Å². The van der Waals surface area contributed by atoms with Crippen molar-refractivity contribution in [3.63, 3.8) is 0 Å². The van der Waals surface area contributed by atoms with E-state index in [0.29, 0.717) is 12.3 Å². The molecule has 0 saturated heterocycles. The van der Waals surface area contributed by atoms with Crippen LogP contribution in [0.1, 0.15) is 33.3 Å². The van der Waals surface area contributed by atoms with Gasteiger partial charge in [0.25, 0.3) is 5.91 Å². The lowest BCUT2D eigenvalue weighted by molar-refractivity contribution is -0.141. The molecule has 0 aromatic heterocycles. The molecule has 1 aromatic carbocycles. The van der Waals surface area contributed by atoms with E-state index in [2.05, 4.69) is 5.32 Å². The quantitative estimate of drug-likeness (QED) is 0.839. The minimum Gasteiger partial charge on any atom is -0.481 e. The molecular weight excluding hydrogens is 280 g/mol. The molecule has 1 atom stereocenters. The minimum absolute atomic E-state index is 0.0506. The second-order valence-corrected chi connectivity index (χ2v) is 5.65. The lowest BCUT2D eigenvalue weighted by Gasteiger charge is -2.25.